The number of barbiturate groups is 1. The molecule has 0 unspecified atom stereocenters. The van der Waals surface area contributed by atoms with Crippen LogP contribution >= 0.6 is 11.8 Å². The maximum Gasteiger partial charge on any atom is 0.343 e. The highest BCUT2D eigenvalue weighted by molar-refractivity contribution is 7.98. The number of urea groups is 1. The Bertz CT molecular complexity index is 1180. The minimum atomic E-state index is -0.689. The number of hydrogen-bond donors (Lipinski definition) is 0. The van der Waals surface area contributed by atoms with E-state index in [1.807, 2.05) is 56.5 Å². The lowest BCUT2D eigenvalue weighted by Crippen LogP contribution is -2.57. The van der Waals surface area contributed by atoms with Gasteiger partial charge in [-0.15, -0.1) is 11.8 Å². The van der Waals surface area contributed by atoms with E-state index in [0.29, 0.717) is 16.9 Å². The van der Waals surface area contributed by atoms with Gasteiger partial charge in [-0.1, -0.05) is 36.4 Å². The van der Waals surface area contributed by atoms with E-state index in [0.717, 1.165) is 25.8 Å². The van der Waals surface area contributed by atoms with Crippen LogP contribution in [-0.2, 0) is 9.59 Å². The highest BCUT2D eigenvalue weighted by atomic mass is 32.2. The van der Waals surface area contributed by atoms with E-state index in [4.69, 9.17) is 0 Å². The van der Waals surface area contributed by atoms with Crippen LogP contribution in [-0.4, -0.2) is 24.1 Å². The first-order chi connectivity index (χ1) is 15.4. The van der Waals surface area contributed by atoms with Crippen molar-refractivity contribution in [1.29, 1.82) is 0 Å². The first kappa shape index (κ1) is 21.6. The van der Waals surface area contributed by atoms with Gasteiger partial charge in [0.1, 0.15) is 5.57 Å². The molecule has 4 rings (SSSR count). The standard InChI is InChI=1S/C26H22N2O3S/c1-17-6-4-8-20(14-17)27-24(29)23(16-19-10-12-22(32-3)13-11-19)25(30)28(26(27)31)21-9-5-7-18(2)15-21/h4-16H,1-3H3. The molecular formula is C26H22N2O3S. The number of anilines is 2. The molecule has 0 bridgehead atoms. The van der Waals surface area contributed by atoms with Crippen molar-refractivity contribution in [3.63, 3.8) is 0 Å². The lowest BCUT2D eigenvalue weighted by atomic mass is 10.0. The van der Waals surface area contributed by atoms with Crippen molar-refractivity contribution in [2.24, 2.45) is 0 Å². The monoisotopic (exact) mass is 442 g/mol. The lowest BCUT2D eigenvalue weighted by molar-refractivity contribution is -0.121. The smallest absolute Gasteiger partial charge is 0.268 e. The van der Waals surface area contributed by atoms with Crippen molar-refractivity contribution in [3.05, 3.63) is 95.1 Å². The Morgan fingerprint density at radius 2 is 1.22 bits per heavy atom. The molecule has 0 aliphatic carbocycles. The van der Waals surface area contributed by atoms with Gasteiger partial charge in [-0.05, 0) is 79.3 Å². The molecular weight excluding hydrogens is 420 g/mol. The Morgan fingerprint density at radius 1 is 0.719 bits per heavy atom. The van der Waals surface area contributed by atoms with E-state index >= 15 is 0 Å². The highest BCUT2D eigenvalue weighted by Gasteiger charge is 2.43. The van der Waals surface area contributed by atoms with E-state index < -0.39 is 17.8 Å². The van der Waals surface area contributed by atoms with Crippen LogP contribution in [0.4, 0.5) is 16.2 Å². The van der Waals surface area contributed by atoms with Crippen molar-refractivity contribution in [2.45, 2.75) is 18.7 Å². The summed E-state index contributed by atoms with van der Waals surface area (Å²) in [4.78, 5) is 43.5. The molecule has 3 aromatic carbocycles. The molecule has 160 valence electrons. The number of hydrogen-bond acceptors (Lipinski definition) is 4. The largest absolute Gasteiger partial charge is 0.343 e. The Kier molecular flexibility index (Phi) is 5.97. The minimum absolute atomic E-state index is 0.0653. The Hall–Kier alpha value is -3.64. The summed E-state index contributed by atoms with van der Waals surface area (Å²) in [7, 11) is 0. The number of thioether (sulfide) groups is 1. The molecule has 1 saturated heterocycles. The van der Waals surface area contributed by atoms with Gasteiger partial charge in [0, 0.05) is 4.90 Å². The topological polar surface area (TPSA) is 57.7 Å². The molecule has 4 amide bonds. The van der Waals surface area contributed by atoms with Crippen LogP contribution in [0.1, 0.15) is 16.7 Å². The Labute approximate surface area is 191 Å². The molecule has 6 heteroatoms. The van der Waals surface area contributed by atoms with Crippen LogP contribution in [0.15, 0.2) is 83.3 Å². The normalized spacial score (nSPS) is 14.2. The lowest BCUT2D eigenvalue weighted by Gasteiger charge is -2.34. The van der Waals surface area contributed by atoms with Crippen LogP contribution in [0.5, 0.6) is 0 Å². The van der Waals surface area contributed by atoms with Crippen molar-refractivity contribution in [3.8, 4) is 0 Å². The van der Waals surface area contributed by atoms with Gasteiger partial charge in [-0.25, -0.2) is 14.6 Å². The van der Waals surface area contributed by atoms with E-state index in [1.165, 1.54) is 0 Å². The fraction of sp³-hybridized carbons (Fsp3) is 0.115. The molecule has 0 aromatic heterocycles. The SMILES string of the molecule is CSc1ccc(C=C2C(=O)N(c3cccc(C)c3)C(=O)N(c3cccc(C)c3)C2=O)cc1. The van der Waals surface area contributed by atoms with Gasteiger partial charge < -0.3 is 0 Å². The average molecular weight is 443 g/mol. The summed E-state index contributed by atoms with van der Waals surface area (Å²) in [6, 6.07) is 21.1. The van der Waals surface area contributed by atoms with Crippen molar-refractivity contribution >= 4 is 47.1 Å². The quantitative estimate of drug-likeness (QED) is 0.299. The summed E-state index contributed by atoms with van der Waals surface area (Å²) < 4.78 is 0. The third-order valence-electron chi connectivity index (χ3n) is 5.20. The average Bonchev–Trinajstić information content (AvgIpc) is 2.77. The second kappa shape index (κ2) is 8.85. The summed E-state index contributed by atoms with van der Waals surface area (Å²) in [5.74, 6) is -1.27. The van der Waals surface area contributed by atoms with E-state index in [-0.39, 0.29) is 5.57 Å². The molecule has 0 N–H and O–H groups in total. The number of rotatable bonds is 4. The molecule has 1 fully saturated rings. The number of aryl methyl sites for hydroxylation is 2. The van der Waals surface area contributed by atoms with Gasteiger partial charge in [-0.3, -0.25) is 9.59 Å². The molecule has 5 nitrogen and oxygen atoms in total. The zero-order chi connectivity index (χ0) is 22.8. The van der Waals surface area contributed by atoms with Gasteiger partial charge in [0.2, 0.25) is 0 Å². The molecule has 0 saturated carbocycles. The number of imide groups is 2. The predicted octanol–water partition coefficient (Wildman–Crippen LogP) is 5.61. The zero-order valence-corrected chi connectivity index (χ0v) is 18.8. The van der Waals surface area contributed by atoms with Crippen LogP contribution < -0.4 is 9.80 Å². The second-order valence-electron chi connectivity index (χ2n) is 7.57. The van der Waals surface area contributed by atoms with Crippen LogP contribution in [0.3, 0.4) is 0 Å². The number of benzene rings is 3. The molecule has 0 radical (unpaired) electrons. The third-order valence-corrected chi connectivity index (χ3v) is 5.94. The Balaban J connectivity index is 1.86. The van der Waals surface area contributed by atoms with Gasteiger partial charge in [0.25, 0.3) is 11.8 Å². The van der Waals surface area contributed by atoms with Crippen molar-refractivity contribution < 1.29 is 14.4 Å². The number of nitrogens with zero attached hydrogens (tertiary/aromatic N) is 2. The molecule has 1 heterocycles. The molecule has 1 aliphatic heterocycles. The number of carbonyl (C=O) groups excluding carboxylic acids is 3. The minimum Gasteiger partial charge on any atom is -0.268 e. The van der Waals surface area contributed by atoms with Gasteiger partial charge in [0.05, 0.1) is 11.4 Å². The Morgan fingerprint density at radius 3 is 1.66 bits per heavy atom. The summed E-state index contributed by atoms with van der Waals surface area (Å²) in [5, 5.41) is 0. The second-order valence-corrected chi connectivity index (χ2v) is 8.45. The molecule has 1 aliphatic rings. The van der Waals surface area contributed by atoms with Crippen LogP contribution in [0, 0.1) is 13.8 Å². The van der Waals surface area contributed by atoms with E-state index in [9.17, 15) is 14.4 Å². The number of carbonyl (C=O) groups is 3. The van der Waals surface area contributed by atoms with Crippen LogP contribution in [0.25, 0.3) is 6.08 Å². The molecule has 0 spiro atoms. The molecule has 3 aromatic rings. The predicted molar refractivity (Wildman–Crippen MR) is 129 cm³/mol. The summed E-state index contributed by atoms with van der Waals surface area (Å²) in [6.07, 6.45) is 3.53. The summed E-state index contributed by atoms with van der Waals surface area (Å²) in [6.45, 7) is 3.77. The maximum absolute atomic E-state index is 13.4. The number of amides is 4. The fourth-order valence-electron chi connectivity index (χ4n) is 3.59. The van der Waals surface area contributed by atoms with Gasteiger partial charge >= 0.3 is 6.03 Å². The summed E-state index contributed by atoms with van der Waals surface area (Å²) in [5.41, 5.74) is 3.30. The van der Waals surface area contributed by atoms with Gasteiger partial charge in [0.15, 0.2) is 0 Å². The van der Waals surface area contributed by atoms with Gasteiger partial charge in [-0.2, -0.15) is 0 Å². The first-order valence-electron chi connectivity index (χ1n) is 10.1. The fourth-order valence-corrected chi connectivity index (χ4v) is 3.99. The maximum atomic E-state index is 13.4. The van der Waals surface area contributed by atoms with E-state index in [2.05, 4.69) is 0 Å². The van der Waals surface area contributed by atoms with Crippen LogP contribution in [0.2, 0.25) is 0 Å². The molecule has 0 atom stereocenters. The molecule has 32 heavy (non-hydrogen) atoms. The summed E-state index contributed by atoms with van der Waals surface area (Å²) >= 11 is 1.61. The first-order valence-corrected chi connectivity index (χ1v) is 11.3. The third kappa shape index (κ3) is 4.09. The highest BCUT2D eigenvalue weighted by Crippen LogP contribution is 2.30. The van der Waals surface area contributed by atoms with E-state index in [1.54, 1.807) is 54.2 Å². The zero-order valence-electron chi connectivity index (χ0n) is 18.0. The van der Waals surface area contributed by atoms with Crippen molar-refractivity contribution in [2.75, 3.05) is 16.1 Å². The van der Waals surface area contributed by atoms with Crippen molar-refractivity contribution in [1.82, 2.24) is 0 Å².